The first kappa shape index (κ1) is 8.81. The normalized spacial score (nSPS) is 10.4. The van der Waals surface area contributed by atoms with Crippen molar-refractivity contribution >= 4 is 5.69 Å². The third kappa shape index (κ3) is 3.21. The minimum Gasteiger partial charge on any atom is -0.382 e. The Morgan fingerprint density at radius 2 is 1.92 bits per heavy atom. The number of benzene rings is 1. The van der Waals surface area contributed by atoms with Crippen molar-refractivity contribution in [2.45, 2.75) is 0 Å². The quantitative estimate of drug-likeness (QED) is 0.660. The Morgan fingerprint density at radius 1 is 1.17 bits per heavy atom. The van der Waals surface area contributed by atoms with Crippen LogP contribution in [0.5, 0.6) is 0 Å². The van der Waals surface area contributed by atoms with Gasteiger partial charge in [0.1, 0.15) is 0 Å². The molecule has 0 aromatic heterocycles. The SMILES string of the molecule is NC/C=C/CNc1ccccc1. The highest BCUT2D eigenvalue weighted by Gasteiger charge is 1.83. The lowest BCUT2D eigenvalue weighted by Gasteiger charge is -2.00. The lowest BCUT2D eigenvalue weighted by molar-refractivity contribution is 1.22. The van der Waals surface area contributed by atoms with E-state index >= 15 is 0 Å². The Morgan fingerprint density at radius 3 is 2.58 bits per heavy atom. The van der Waals surface area contributed by atoms with Crippen LogP contribution in [-0.4, -0.2) is 13.1 Å². The van der Waals surface area contributed by atoms with Crippen molar-refractivity contribution in [3.05, 3.63) is 42.5 Å². The number of nitrogens with one attached hydrogen (secondary N) is 1. The smallest absolute Gasteiger partial charge is 0.0342 e. The summed E-state index contributed by atoms with van der Waals surface area (Å²) in [7, 11) is 0. The van der Waals surface area contributed by atoms with Gasteiger partial charge in [-0.05, 0) is 12.1 Å². The van der Waals surface area contributed by atoms with E-state index in [0.717, 1.165) is 12.2 Å². The molecule has 1 rings (SSSR count). The topological polar surface area (TPSA) is 38.0 Å². The number of nitrogens with two attached hydrogens (primary N) is 1. The predicted molar refractivity (Wildman–Crippen MR) is 53.1 cm³/mol. The van der Waals surface area contributed by atoms with Crippen molar-refractivity contribution < 1.29 is 0 Å². The van der Waals surface area contributed by atoms with E-state index in [4.69, 9.17) is 5.73 Å². The maximum atomic E-state index is 5.29. The molecule has 3 N–H and O–H groups in total. The second kappa shape index (κ2) is 5.38. The molecule has 0 saturated carbocycles. The number of hydrogen-bond donors (Lipinski definition) is 2. The molecular weight excluding hydrogens is 148 g/mol. The van der Waals surface area contributed by atoms with Gasteiger partial charge in [0.15, 0.2) is 0 Å². The number of anilines is 1. The average molecular weight is 162 g/mol. The third-order valence-corrected chi connectivity index (χ3v) is 1.50. The van der Waals surface area contributed by atoms with Gasteiger partial charge in [0, 0.05) is 18.8 Å². The fourth-order valence-electron chi connectivity index (χ4n) is 0.912. The van der Waals surface area contributed by atoms with Gasteiger partial charge in [-0.3, -0.25) is 0 Å². The molecule has 0 aliphatic carbocycles. The zero-order valence-electron chi connectivity index (χ0n) is 7.03. The summed E-state index contributed by atoms with van der Waals surface area (Å²) in [6.07, 6.45) is 3.96. The predicted octanol–water partition coefficient (Wildman–Crippen LogP) is 1.61. The minimum atomic E-state index is 0.608. The van der Waals surface area contributed by atoms with E-state index in [1.54, 1.807) is 0 Å². The molecule has 0 saturated heterocycles. The van der Waals surface area contributed by atoms with Gasteiger partial charge >= 0.3 is 0 Å². The first-order chi connectivity index (χ1) is 5.93. The second-order valence-corrected chi connectivity index (χ2v) is 2.45. The van der Waals surface area contributed by atoms with E-state index in [0.29, 0.717) is 6.54 Å². The molecule has 2 nitrogen and oxygen atoms in total. The summed E-state index contributed by atoms with van der Waals surface area (Å²) in [6.45, 7) is 1.44. The first-order valence-corrected chi connectivity index (χ1v) is 4.07. The van der Waals surface area contributed by atoms with Gasteiger partial charge in [-0.2, -0.15) is 0 Å². The van der Waals surface area contributed by atoms with Crippen molar-refractivity contribution in [2.24, 2.45) is 5.73 Å². The molecule has 0 bridgehead atoms. The van der Waals surface area contributed by atoms with Crippen molar-refractivity contribution in [3.8, 4) is 0 Å². The minimum absolute atomic E-state index is 0.608. The highest BCUT2D eigenvalue weighted by molar-refractivity contribution is 5.42. The van der Waals surface area contributed by atoms with Crippen LogP contribution in [0.15, 0.2) is 42.5 Å². The number of rotatable bonds is 4. The van der Waals surface area contributed by atoms with Crippen molar-refractivity contribution in [1.82, 2.24) is 0 Å². The van der Waals surface area contributed by atoms with Crippen LogP contribution in [-0.2, 0) is 0 Å². The number of para-hydroxylation sites is 1. The van der Waals surface area contributed by atoms with Crippen LogP contribution in [0.1, 0.15) is 0 Å². The lowest BCUT2D eigenvalue weighted by Crippen LogP contribution is -1.99. The summed E-state index contributed by atoms with van der Waals surface area (Å²) in [5, 5.41) is 3.24. The fraction of sp³-hybridized carbons (Fsp3) is 0.200. The maximum absolute atomic E-state index is 5.29. The molecule has 0 atom stereocenters. The van der Waals surface area contributed by atoms with Crippen LogP contribution >= 0.6 is 0 Å². The highest BCUT2D eigenvalue weighted by atomic mass is 14.8. The van der Waals surface area contributed by atoms with Crippen LogP contribution in [0.2, 0.25) is 0 Å². The van der Waals surface area contributed by atoms with Gasteiger partial charge in [-0.15, -0.1) is 0 Å². The summed E-state index contributed by atoms with van der Waals surface area (Å²) in [5.41, 5.74) is 6.43. The summed E-state index contributed by atoms with van der Waals surface area (Å²) >= 11 is 0. The third-order valence-electron chi connectivity index (χ3n) is 1.50. The van der Waals surface area contributed by atoms with Crippen LogP contribution in [0.3, 0.4) is 0 Å². The van der Waals surface area contributed by atoms with E-state index in [2.05, 4.69) is 5.32 Å². The summed E-state index contributed by atoms with van der Waals surface area (Å²) < 4.78 is 0. The summed E-state index contributed by atoms with van der Waals surface area (Å²) in [4.78, 5) is 0. The lowest BCUT2D eigenvalue weighted by atomic mass is 10.3. The first-order valence-electron chi connectivity index (χ1n) is 4.07. The van der Waals surface area contributed by atoms with Crippen molar-refractivity contribution in [2.75, 3.05) is 18.4 Å². The molecule has 1 aromatic rings. The van der Waals surface area contributed by atoms with E-state index in [9.17, 15) is 0 Å². The van der Waals surface area contributed by atoms with E-state index in [1.807, 2.05) is 42.5 Å². The van der Waals surface area contributed by atoms with Gasteiger partial charge in [0.2, 0.25) is 0 Å². The monoisotopic (exact) mass is 162 g/mol. The largest absolute Gasteiger partial charge is 0.382 e. The molecule has 0 unspecified atom stereocenters. The Bertz CT molecular complexity index is 229. The summed E-state index contributed by atoms with van der Waals surface area (Å²) in [5.74, 6) is 0. The molecule has 0 amide bonds. The Balaban J connectivity index is 2.29. The zero-order chi connectivity index (χ0) is 8.65. The highest BCUT2D eigenvalue weighted by Crippen LogP contribution is 2.03. The van der Waals surface area contributed by atoms with E-state index in [-0.39, 0.29) is 0 Å². The molecule has 2 heteroatoms. The van der Waals surface area contributed by atoms with Gasteiger partial charge < -0.3 is 11.1 Å². The molecular formula is C10H14N2. The standard InChI is InChI=1S/C10H14N2/c11-8-4-5-9-12-10-6-2-1-3-7-10/h1-7,12H,8-9,11H2/b5-4+. The second-order valence-electron chi connectivity index (χ2n) is 2.45. The van der Waals surface area contributed by atoms with Crippen molar-refractivity contribution in [1.29, 1.82) is 0 Å². The Hall–Kier alpha value is -1.28. The summed E-state index contributed by atoms with van der Waals surface area (Å²) in [6, 6.07) is 10.1. The Labute approximate surface area is 73.1 Å². The molecule has 0 aliphatic rings. The van der Waals surface area contributed by atoms with Gasteiger partial charge in [-0.1, -0.05) is 30.4 Å². The van der Waals surface area contributed by atoms with Gasteiger partial charge in [0.05, 0.1) is 0 Å². The molecule has 0 heterocycles. The van der Waals surface area contributed by atoms with Gasteiger partial charge in [0.25, 0.3) is 0 Å². The molecule has 0 spiro atoms. The van der Waals surface area contributed by atoms with E-state index in [1.165, 1.54) is 0 Å². The fourth-order valence-corrected chi connectivity index (χ4v) is 0.912. The molecule has 1 aromatic carbocycles. The number of hydrogen-bond acceptors (Lipinski definition) is 2. The molecule has 0 fully saturated rings. The average Bonchev–Trinajstić information content (AvgIpc) is 2.14. The van der Waals surface area contributed by atoms with E-state index < -0.39 is 0 Å². The van der Waals surface area contributed by atoms with Crippen LogP contribution in [0.25, 0.3) is 0 Å². The molecule has 12 heavy (non-hydrogen) atoms. The van der Waals surface area contributed by atoms with Crippen LogP contribution in [0, 0.1) is 0 Å². The van der Waals surface area contributed by atoms with Gasteiger partial charge in [-0.25, -0.2) is 0 Å². The maximum Gasteiger partial charge on any atom is 0.0342 e. The zero-order valence-corrected chi connectivity index (χ0v) is 7.03. The molecule has 0 radical (unpaired) electrons. The van der Waals surface area contributed by atoms with Crippen LogP contribution < -0.4 is 11.1 Å². The molecule has 0 aliphatic heterocycles. The van der Waals surface area contributed by atoms with Crippen molar-refractivity contribution in [3.63, 3.8) is 0 Å². The molecule has 64 valence electrons. The Kier molecular flexibility index (Phi) is 3.95. The van der Waals surface area contributed by atoms with Crippen LogP contribution in [0.4, 0.5) is 5.69 Å².